The molecule has 0 aromatic heterocycles. The second-order valence-corrected chi connectivity index (χ2v) is 5.51. The molecule has 0 heterocycles. The Hall–Kier alpha value is -1.62. The highest BCUT2D eigenvalue weighted by Crippen LogP contribution is 2.16. The third-order valence-electron chi connectivity index (χ3n) is 2.42. The van der Waals surface area contributed by atoms with E-state index in [0.29, 0.717) is 5.56 Å². The molecule has 0 bridgehead atoms. The Balaban J connectivity index is 2.58. The summed E-state index contributed by atoms with van der Waals surface area (Å²) in [6.45, 7) is 7.29. The molecule has 106 valence electrons. The highest BCUT2D eigenvalue weighted by Gasteiger charge is 2.18. The van der Waals surface area contributed by atoms with E-state index in [0.717, 1.165) is 5.56 Å². The third-order valence-corrected chi connectivity index (χ3v) is 2.42. The van der Waals surface area contributed by atoms with Crippen molar-refractivity contribution >= 4 is 6.09 Å². The molecule has 1 atom stereocenters. The minimum atomic E-state index is -0.604. The van der Waals surface area contributed by atoms with Crippen molar-refractivity contribution in [3.63, 3.8) is 0 Å². The lowest BCUT2D eigenvalue weighted by atomic mass is 10.0. The van der Waals surface area contributed by atoms with Crippen LogP contribution in [0.3, 0.4) is 0 Å². The van der Waals surface area contributed by atoms with Gasteiger partial charge in [0.2, 0.25) is 0 Å². The number of hydrogen-bond donors (Lipinski definition) is 2. The molecule has 1 rings (SSSR count). The topological polar surface area (TPSA) is 64.3 Å². The normalized spacial score (nSPS) is 12.9. The molecule has 0 saturated heterocycles. The average Bonchev–Trinajstić information content (AvgIpc) is 2.27. The summed E-state index contributed by atoms with van der Waals surface area (Å²) in [6.07, 6.45) is -0.559. The number of alkyl carbamates (subject to hydrolysis) is 1. The van der Waals surface area contributed by atoms with Crippen molar-refractivity contribution in [1.29, 1.82) is 0 Å². The monoisotopic (exact) mass is 268 g/mol. The van der Waals surface area contributed by atoms with E-state index in [1.807, 2.05) is 6.92 Å². The highest BCUT2D eigenvalue weighted by molar-refractivity contribution is 5.67. The van der Waals surface area contributed by atoms with Crippen LogP contribution in [0.5, 0.6) is 0 Å². The summed E-state index contributed by atoms with van der Waals surface area (Å²) in [5.74, 6) is -0.371. The van der Waals surface area contributed by atoms with Crippen LogP contribution in [-0.4, -0.2) is 18.2 Å². The van der Waals surface area contributed by atoms with E-state index in [-0.39, 0.29) is 12.4 Å². The van der Waals surface area contributed by atoms with Crippen molar-refractivity contribution in [2.24, 2.45) is 5.73 Å². The number of rotatable bonds is 3. The summed E-state index contributed by atoms with van der Waals surface area (Å²) in [5, 5.41) is 2.53. The summed E-state index contributed by atoms with van der Waals surface area (Å²) in [5.41, 5.74) is 6.61. The zero-order chi connectivity index (χ0) is 14.6. The van der Waals surface area contributed by atoms with Crippen LogP contribution in [0.4, 0.5) is 9.18 Å². The maximum atomic E-state index is 13.6. The summed E-state index contributed by atoms with van der Waals surface area (Å²) in [6, 6.07) is 4.12. The third kappa shape index (κ3) is 5.26. The number of ether oxygens (including phenoxy) is 1. The Morgan fingerprint density at radius 3 is 2.68 bits per heavy atom. The number of benzene rings is 1. The van der Waals surface area contributed by atoms with Gasteiger partial charge in [0, 0.05) is 12.1 Å². The van der Waals surface area contributed by atoms with Crippen LogP contribution in [0.1, 0.15) is 37.9 Å². The Kier molecular flexibility index (Phi) is 4.89. The number of halogens is 1. The van der Waals surface area contributed by atoms with Crippen LogP contribution in [0.15, 0.2) is 18.2 Å². The summed E-state index contributed by atoms with van der Waals surface area (Å²) < 4.78 is 18.7. The Morgan fingerprint density at radius 1 is 1.47 bits per heavy atom. The fourth-order valence-electron chi connectivity index (χ4n) is 1.56. The Labute approximate surface area is 113 Å². The number of carbonyl (C=O) groups excluding carboxylic acids is 1. The van der Waals surface area contributed by atoms with Gasteiger partial charge in [-0.15, -0.1) is 0 Å². The molecule has 0 unspecified atom stereocenters. The van der Waals surface area contributed by atoms with Crippen LogP contribution >= 0.6 is 0 Å². The highest BCUT2D eigenvalue weighted by atomic mass is 19.1. The summed E-state index contributed by atoms with van der Waals surface area (Å²) >= 11 is 0. The molecular weight excluding hydrogens is 247 g/mol. The predicted octanol–water partition coefficient (Wildman–Crippen LogP) is 2.66. The van der Waals surface area contributed by atoms with Gasteiger partial charge >= 0.3 is 6.09 Å². The number of hydrogen-bond acceptors (Lipinski definition) is 3. The minimum absolute atomic E-state index is 0.120. The number of carbonyl (C=O) groups is 1. The Morgan fingerprint density at radius 2 is 2.11 bits per heavy atom. The molecule has 0 aliphatic rings. The van der Waals surface area contributed by atoms with Gasteiger partial charge in [0.1, 0.15) is 11.4 Å². The van der Waals surface area contributed by atoms with Gasteiger partial charge in [0.05, 0.1) is 6.04 Å². The first-order valence-electron chi connectivity index (χ1n) is 6.17. The predicted molar refractivity (Wildman–Crippen MR) is 72.3 cm³/mol. The van der Waals surface area contributed by atoms with Crippen molar-refractivity contribution in [3.8, 4) is 0 Å². The number of amides is 1. The first-order chi connectivity index (χ1) is 8.69. The van der Waals surface area contributed by atoms with E-state index in [2.05, 4.69) is 5.32 Å². The van der Waals surface area contributed by atoms with E-state index in [1.54, 1.807) is 32.9 Å². The maximum Gasteiger partial charge on any atom is 0.407 e. The largest absolute Gasteiger partial charge is 0.444 e. The molecule has 1 aromatic rings. The average molecular weight is 268 g/mol. The zero-order valence-electron chi connectivity index (χ0n) is 11.8. The number of nitrogens with two attached hydrogens (primary N) is 1. The van der Waals surface area contributed by atoms with Gasteiger partial charge in [-0.1, -0.05) is 17.7 Å². The van der Waals surface area contributed by atoms with Crippen molar-refractivity contribution in [2.45, 2.75) is 39.3 Å². The number of nitrogens with one attached hydrogen (secondary N) is 1. The van der Waals surface area contributed by atoms with Crippen molar-refractivity contribution in [1.82, 2.24) is 5.32 Å². The standard InChI is InChI=1S/C14H21FN2O2/c1-9-5-6-11(15)10(7-9)12(16)8-17-13(18)19-14(2,3)4/h5-7,12H,8,16H2,1-4H3,(H,17,18)/t12-/m1/s1. The van der Waals surface area contributed by atoms with E-state index >= 15 is 0 Å². The summed E-state index contributed by atoms with van der Waals surface area (Å²) in [7, 11) is 0. The molecule has 5 heteroatoms. The molecule has 1 amide bonds. The molecule has 0 saturated carbocycles. The quantitative estimate of drug-likeness (QED) is 0.885. The minimum Gasteiger partial charge on any atom is -0.444 e. The maximum absolute atomic E-state index is 13.6. The molecule has 0 spiro atoms. The molecule has 0 aliphatic heterocycles. The molecule has 4 nitrogen and oxygen atoms in total. The van der Waals surface area contributed by atoms with Gasteiger partial charge in [-0.3, -0.25) is 0 Å². The first-order valence-corrected chi connectivity index (χ1v) is 6.17. The van der Waals surface area contributed by atoms with Gasteiger partial charge in [-0.2, -0.15) is 0 Å². The van der Waals surface area contributed by atoms with Gasteiger partial charge in [-0.25, -0.2) is 9.18 Å². The molecular formula is C14H21FN2O2. The molecule has 19 heavy (non-hydrogen) atoms. The SMILES string of the molecule is Cc1ccc(F)c([C@H](N)CNC(=O)OC(C)(C)C)c1. The fourth-order valence-corrected chi connectivity index (χ4v) is 1.56. The second kappa shape index (κ2) is 6.02. The van der Waals surface area contributed by atoms with E-state index in [9.17, 15) is 9.18 Å². The molecule has 3 N–H and O–H groups in total. The molecule has 0 fully saturated rings. The number of aryl methyl sites for hydroxylation is 1. The molecule has 1 aromatic carbocycles. The van der Waals surface area contributed by atoms with Crippen LogP contribution < -0.4 is 11.1 Å². The van der Waals surface area contributed by atoms with Gasteiger partial charge in [0.15, 0.2) is 0 Å². The van der Waals surface area contributed by atoms with Crippen LogP contribution in [0.25, 0.3) is 0 Å². The van der Waals surface area contributed by atoms with Crippen molar-refractivity contribution in [3.05, 3.63) is 35.1 Å². The van der Waals surface area contributed by atoms with E-state index in [1.165, 1.54) is 6.07 Å². The summed E-state index contributed by atoms with van der Waals surface area (Å²) in [4.78, 5) is 11.5. The molecule has 0 aliphatic carbocycles. The first kappa shape index (κ1) is 15.4. The van der Waals surface area contributed by atoms with Crippen LogP contribution in [0.2, 0.25) is 0 Å². The zero-order valence-corrected chi connectivity index (χ0v) is 11.8. The van der Waals surface area contributed by atoms with Crippen molar-refractivity contribution in [2.75, 3.05) is 6.54 Å². The van der Waals surface area contributed by atoms with Gasteiger partial charge < -0.3 is 15.8 Å². The molecule has 0 radical (unpaired) electrons. The van der Waals surface area contributed by atoms with Crippen LogP contribution in [-0.2, 0) is 4.74 Å². The smallest absolute Gasteiger partial charge is 0.407 e. The van der Waals surface area contributed by atoms with Gasteiger partial charge in [0.25, 0.3) is 0 Å². The van der Waals surface area contributed by atoms with Gasteiger partial charge in [-0.05, 0) is 33.8 Å². The lowest BCUT2D eigenvalue weighted by Gasteiger charge is -2.21. The Bertz CT molecular complexity index is 455. The lowest BCUT2D eigenvalue weighted by Crippen LogP contribution is -2.36. The van der Waals surface area contributed by atoms with Crippen LogP contribution in [0, 0.1) is 12.7 Å². The van der Waals surface area contributed by atoms with E-state index in [4.69, 9.17) is 10.5 Å². The van der Waals surface area contributed by atoms with Crippen molar-refractivity contribution < 1.29 is 13.9 Å². The second-order valence-electron chi connectivity index (χ2n) is 5.51. The lowest BCUT2D eigenvalue weighted by molar-refractivity contribution is 0.0524. The van der Waals surface area contributed by atoms with E-state index < -0.39 is 17.7 Å². The fraction of sp³-hybridized carbons (Fsp3) is 0.500.